The first-order valence-electron chi connectivity index (χ1n) is 7.97. The summed E-state index contributed by atoms with van der Waals surface area (Å²) in [6.45, 7) is 4.01. The van der Waals surface area contributed by atoms with Gasteiger partial charge in [-0.25, -0.2) is 9.37 Å². The summed E-state index contributed by atoms with van der Waals surface area (Å²) in [5, 5.41) is 0. The third kappa shape index (κ3) is 4.11. The van der Waals surface area contributed by atoms with Crippen LogP contribution >= 0.6 is 0 Å². The first-order valence-corrected chi connectivity index (χ1v) is 7.97. The average Bonchev–Trinajstić information content (AvgIpc) is 2.59. The molecule has 0 unspecified atom stereocenters. The molecule has 0 saturated carbocycles. The van der Waals surface area contributed by atoms with Crippen molar-refractivity contribution in [2.24, 2.45) is 5.41 Å². The van der Waals surface area contributed by atoms with Gasteiger partial charge in [0, 0.05) is 24.2 Å². The molecule has 1 amide bonds. The van der Waals surface area contributed by atoms with Gasteiger partial charge in [0.1, 0.15) is 5.82 Å². The molecule has 132 valence electrons. The van der Waals surface area contributed by atoms with Crippen LogP contribution in [0.1, 0.15) is 23.0 Å². The Bertz CT molecular complexity index is 765. The molecule has 0 radical (unpaired) electrons. The highest BCUT2D eigenvalue weighted by atomic mass is 19.1. The monoisotopic (exact) mass is 345 g/mol. The molecule has 2 aromatic heterocycles. The van der Waals surface area contributed by atoms with E-state index < -0.39 is 5.82 Å². The lowest BCUT2D eigenvalue weighted by Gasteiger charge is -2.41. The number of carbonyl (C=O) groups excluding carboxylic acids is 1. The third-order valence-corrected chi connectivity index (χ3v) is 4.06. The Morgan fingerprint density at radius 2 is 2.20 bits per heavy atom. The lowest BCUT2D eigenvalue weighted by Crippen LogP contribution is -2.50. The molecule has 1 aliphatic rings. The second-order valence-corrected chi connectivity index (χ2v) is 6.53. The first-order chi connectivity index (χ1) is 12.0. The standard InChI is InChI=1S/C18H20FN3O3/c1-18(11-25-12-18)10-22(9-15-4-3-5-16(21-15)24-2)17(23)13-6-14(19)8-20-7-13/h3-8H,9-12H2,1-2H3. The number of rotatable bonds is 6. The molecule has 0 bridgehead atoms. The Hall–Kier alpha value is -2.54. The summed E-state index contributed by atoms with van der Waals surface area (Å²) in [5.41, 5.74) is 0.794. The van der Waals surface area contributed by atoms with E-state index in [4.69, 9.17) is 9.47 Å². The predicted octanol–water partition coefficient (Wildman–Crippen LogP) is 2.30. The van der Waals surface area contributed by atoms with Gasteiger partial charge in [-0.3, -0.25) is 9.78 Å². The van der Waals surface area contributed by atoms with Gasteiger partial charge in [0.15, 0.2) is 0 Å². The van der Waals surface area contributed by atoms with Crippen LogP contribution in [-0.2, 0) is 11.3 Å². The summed E-state index contributed by atoms with van der Waals surface area (Å²) in [6.07, 6.45) is 2.45. The summed E-state index contributed by atoms with van der Waals surface area (Å²) in [5.74, 6) is -0.344. The zero-order valence-electron chi connectivity index (χ0n) is 14.2. The summed E-state index contributed by atoms with van der Waals surface area (Å²) >= 11 is 0. The van der Waals surface area contributed by atoms with Gasteiger partial charge in [-0.2, -0.15) is 0 Å². The lowest BCUT2D eigenvalue weighted by atomic mass is 9.88. The van der Waals surface area contributed by atoms with Crippen LogP contribution in [0.5, 0.6) is 5.88 Å². The number of nitrogens with zero attached hydrogens (tertiary/aromatic N) is 3. The van der Waals surface area contributed by atoms with Crippen molar-refractivity contribution < 1.29 is 18.7 Å². The van der Waals surface area contributed by atoms with Crippen molar-refractivity contribution in [2.45, 2.75) is 13.5 Å². The smallest absolute Gasteiger partial charge is 0.255 e. The van der Waals surface area contributed by atoms with Gasteiger partial charge < -0.3 is 14.4 Å². The van der Waals surface area contributed by atoms with Crippen LogP contribution in [0.3, 0.4) is 0 Å². The molecule has 1 fully saturated rings. The fourth-order valence-corrected chi connectivity index (χ4v) is 2.77. The van der Waals surface area contributed by atoms with Crippen LogP contribution < -0.4 is 4.74 Å². The highest BCUT2D eigenvalue weighted by Crippen LogP contribution is 2.29. The number of hydrogen-bond acceptors (Lipinski definition) is 5. The van der Waals surface area contributed by atoms with E-state index >= 15 is 0 Å². The van der Waals surface area contributed by atoms with Crippen molar-refractivity contribution in [3.63, 3.8) is 0 Å². The Morgan fingerprint density at radius 1 is 1.40 bits per heavy atom. The van der Waals surface area contributed by atoms with Crippen LogP contribution in [0, 0.1) is 11.2 Å². The van der Waals surface area contributed by atoms with Gasteiger partial charge in [-0.05, 0) is 12.1 Å². The minimum absolute atomic E-state index is 0.116. The van der Waals surface area contributed by atoms with Crippen LogP contribution in [0.15, 0.2) is 36.7 Å². The number of hydrogen-bond donors (Lipinski definition) is 0. The van der Waals surface area contributed by atoms with Gasteiger partial charge in [-0.1, -0.05) is 13.0 Å². The predicted molar refractivity (Wildman–Crippen MR) is 88.7 cm³/mol. The summed E-state index contributed by atoms with van der Waals surface area (Å²) < 4.78 is 23.9. The molecule has 7 heteroatoms. The Morgan fingerprint density at radius 3 is 2.84 bits per heavy atom. The molecular formula is C18H20FN3O3. The summed E-state index contributed by atoms with van der Waals surface area (Å²) in [7, 11) is 1.54. The molecule has 3 rings (SSSR count). The molecule has 0 aromatic carbocycles. The van der Waals surface area contributed by atoms with E-state index in [1.807, 2.05) is 12.1 Å². The van der Waals surface area contributed by atoms with Crippen molar-refractivity contribution in [1.82, 2.24) is 14.9 Å². The van der Waals surface area contributed by atoms with Crippen LogP contribution in [0.4, 0.5) is 4.39 Å². The molecule has 3 heterocycles. The zero-order valence-corrected chi connectivity index (χ0v) is 14.2. The van der Waals surface area contributed by atoms with Crippen molar-refractivity contribution in [3.05, 3.63) is 53.7 Å². The Balaban J connectivity index is 1.84. The largest absolute Gasteiger partial charge is 0.481 e. The van der Waals surface area contributed by atoms with Crippen molar-refractivity contribution in [1.29, 1.82) is 0 Å². The van der Waals surface area contributed by atoms with Crippen LogP contribution in [0.25, 0.3) is 0 Å². The van der Waals surface area contributed by atoms with E-state index in [0.717, 1.165) is 6.20 Å². The highest BCUT2D eigenvalue weighted by Gasteiger charge is 2.37. The van der Waals surface area contributed by atoms with Crippen LogP contribution in [-0.4, -0.2) is 47.6 Å². The average molecular weight is 345 g/mol. The SMILES string of the molecule is COc1cccc(CN(CC2(C)COC2)C(=O)c2cncc(F)c2)n1. The van der Waals surface area contributed by atoms with Crippen LogP contribution in [0.2, 0.25) is 0 Å². The number of carbonyl (C=O) groups is 1. The number of aromatic nitrogens is 2. The maximum atomic E-state index is 13.4. The van der Waals surface area contributed by atoms with E-state index in [0.29, 0.717) is 37.9 Å². The van der Waals surface area contributed by atoms with Gasteiger partial charge in [0.2, 0.25) is 5.88 Å². The molecule has 6 nitrogen and oxygen atoms in total. The molecular weight excluding hydrogens is 325 g/mol. The topological polar surface area (TPSA) is 64.6 Å². The van der Waals surface area contributed by atoms with Gasteiger partial charge in [-0.15, -0.1) is 0 Å². The molecule has 0 spiro atoms. The fraction of sp³-hybridized carbons (Fsp3) is 0.389. The molecule has 2 aromatic rings. The van der Waals surface area contributed by atoms with E-state index in [2.05, 4.69) is 16.9 Å². The number of methoxy groups -OCH3 is 1. The number of ether oxygens (including phenoxy) is 2. The summed E-state index contributed by atoms with van der Waals surface area (Å²) in [4.78, 5) is 22.7. The third-order valence-electron chi connectivity index (χ3n) is 4.06. The van der Waals surface area contributed by atoms with Crippen molar-refractivity contribution >= 4 is 5.91 Å². The van der Waals surface area contributed by atoms with E-state index in [-0.39, 0.29) is 16.9 Å². The first kappa shape index (κ1) is 17.3. The zero-order chi connectivity index (χ0) is 17.9. The van der Waals surface area contributed by atoms with Gasteiger partial charge >= 0.3 is 0 Å². The van der Waals surface area contributed by atoms with E-state index in [1.54, 1.807) is 18.1 Å². The lowest BCUT2D eigenvalue weighted by molar-refractivity contribution is -0.111. The number of amides is 1. The molecule has 0 N–H and O–H groups in total. The second-order valence-electron chi connectivity index (χ2n) is 6.53. The molecule has 0 atom stereocenters. The number of halogens is 1. The Kier molecular flexibility index (Phi) is 4.94. The number of pyridine rings is 2. The maximum Gasteiger partial charge on any atom is 0.255 e. The second kappa shape index (κ2) is 7.14. The molecule has 1 saturated heterocycles. The van der Waals surface area contributed by atoms with Crippen molar-refractivity contribution in [2.75, 3.05) is 26.9 Å². The molecule has 1 aliphatic heterocycles. The minimum Gasteiger partial charge on any atom is -0.481 e. The molecule has 25 heavy (non-hydrogen) atoms. The maximum absolute atomic E-state index is 13.4. The highest BCUT2D eigenvalue weighted by molar-refractivity contribution is 5.93. The quantitative estimate of drug-likeness (QED) is 0.804. The van der Waals surface area contributed by atoms with Crippen molar-refractivity contribution in [3.8, 4) is 5.88 Å². The normalized spacial score (nSPS) is 15.3. The van der Waals surface area contributed by atoms with Gasteiger partial charge in [0.05, 0.1) is 44.3 Å². The molecule has 0 aliphatic carbocycles. The summed E-state index contributed by atoms with van der Waals surface area (Å²) in [6, 6.07) is 6.59. The Labute approximate surface area is 145 Å². The van der Waals surface area contributed by atoms with Gasteiger partial charge in [0.25, 0.3) is 5.91 Å². The minimum atomic E-state index is -0.538. The fourth-order valence-electron chi connectivity index (χ4n) is 2.77. The van der Waals surface area contributed by atoms with E-state index in [9.17, 15) is 9.18 Å². The van der Waals surface area contributed by atoms with E-state index in [1.165, 1.54) is 12.3 Å².